The van der Waals surface area contributed by atoms with Gasteiger partial charge in [-0.05, 0) is 46.3 Å². The second-order valence-corrected chi connectivity index (χ2v) is 6.34. The van der Waals surface area contributed by atoms with Crippen LogP contribution < -0.4 is 16.0 Å². The van der Waals surface area contributed by atoms with Crippen LogP contribution >= 0.6 is 15.9 Å². The molecule has 1 heterocycles. The summed E-state index contributed by atoms with van der Waals surface area (Å²) in [5.74, 6) is -1.03. The Morgan fingerprint density at radius 2 is 1.76 bits per heavy atom. The Hall–Kier alpha value is -2.61. The van der Waals surface area contributed by atoms with Crippen LogP contribution in [-0.2, 0) is 9.59 Å². The third kappa shape index (κ3) is 5.75. The van der Waals surface area contributed by atoms with E-state index in [1.54, 1.807) is 44.2 Å². The molecule has 25 heavy (non-hydrogen) atoms. The number of rotatable bonds is 6. The van der Waals surface area contributed by atoms with Gasteiger partial charge >= 0.3 is 0 Å². The van der Waals surface area contributed by atoms with E-state index < -0.39 is 11.8 Å². The van der Waals surface area contributed by atoms with Crippen LogP contribution in [0.5, 0.6) is 0 Å². The van der Waals surface area contributed by atoms with Crippen LogP contribution in [0, 0.1) is 5.92 Å². The molecule has 2 aromatic rings. The Bertz CT molecular complexity index is 786. The highest BCUT2D eigenvalue weighted by atomic mass is 79.9. The molecule has 0 aliphatic carbocycles. The Morgan fingerprint density at radius 1 is 1.08 bits per heavy atom. The van der Waals surface area contributed by atoms with Gasteiger partial charge in [-0.15, -0.1) is 0 Å². The van der Waals surface area contributed by atoms with E-state index in [0.717, 1.165) is 0 Å². The first-order valence-corrected chi connectivity index (χ1v) is 8.39. The van der Waals surface area contributed by atoms with Crippen molar-refractivity contribution in [2.45, 2.75) is 13.8 Å². The maximum Gasteiger partial charge on any atom is 0.287 e. The second-order valence-electron chi connectivity index (χ2n) is 5.56. The van der Waals surface area contributed by atoms with E-state index in [9.17, 15) is 14.4 Å². The molecule has 1 aromatic heterocycles. The fourth-order valence-corrected chi connectivity index (χ4v) is 2.16. The van der Waals surface area contributed by atoms with Gasteiger partial charge in [0.25, 0.3) is 5.91 Å². The van der Waals surface area contributed by atoms with E-state index in [1.165, 1.54) is 6.07 Å². The van der Waals surface area contributed by atoms with Crippen molar-refractivity contribution >= 4 is 45.0 Å². The monoisotopic (exact) mass is 407 g/mol. The molecule has 7 nitrogen and oxygen atoms in total. The molecule has 0 unspecified atom stereocenters. The average Bonchev–Trinajstić information content (AvgIpc) is 2.99. The zero-order chi connectivity index (χ0) is 18.4. The molecule has 3 N–H and O–H groups in total. The van der Waals surface area contributed by atoms with Crippen LogP contribution in [0.25, 0.3) is 0 Å². The van der Waals surface area contributed by atoms with Crippen molar-refractivity contribution in [2.75, 3.05) is 17.2 Å². The first-order chi connectivity index (χ1) is 11.8. The van der Waals surface area contributed by atoms with Crippen molar-refractivity contribution in [1.29, 1.82) is 0 Å². The van der Waals surface area contributed by atoms with E-state index in [-0.39, 0.29) is 24.1 Å². The van der Waals surface area contributed by atoms with Gasteiger partial charge < -0.3 is 20.4 Å². The molecule has 2 rings (SSSR count). The van der Waals surface area contributed by atoms with E-state index in [1.807, 2.05) is 0 Å². The van der Waals surface area contributed by atoms with E-state index in [4.69, 9.17) is 4.42 Å². The van der Waals surface area contributed by atoms with Crippen molar-refractivity contribution in [3.8, 4) is 0 Å². The average molecular weight is 408 g/mol. The molecular formula is C17H18BrN3O4. The summed E-state index contributed by atoms with van der Waals surface area (Å²) in [7, 11) is 0. The van der Waals surface area contributed by atoms with Crippen LogP contribution in [0.15, 0.2) is 45.5 Å². The highest BCUT2D eigenvalue weighted by molar-refractivity contribution is 9.10. The van der Waals surface area contributed by atoms with E-state index in [2.05, 4.69) is 31.9 Å². The standard InChI is InChI=1S/C17H18BrN3O4/c1-10(2)16(23)21-12-5-3-4-11(8-12)20-15(22)9-19-17(24)13-6-7-14(18)25-13/h3-8,10H,9H2,1-2H3,(H,19,24)(H,20,22)(H,21,23). The minimum atomic E-state index is -0.487. The SMILES string of the molecule is CC(C)C(=O)Nc1cccc(NC(=O)CNC(=O)c2ccc(Br)o2)c1. The Morgan fingerprint density at radius 3 is 2.36 bits per heavy atom. The number of anilines is 2. The number of benzene rings is 1. The van der Waals surface area contributed by atoms with Gasteiger partial charge in [0.15, 0.2) is 10.4 Å². The number of furan rings is 1. The summed E-state index contributed by atoms with van der Waals surface area (Å²) in [6.07, 6.45) is 0. The summed E-state index contributed by atoms with van der Waals surface area (Å²) < 4.78 is 5.53. The van der Waals surface area contributed by atoms with Gasteiger partial charge in [0, 0.05) is 17.3 Å². The number of nitrogens with one attached hydrogen (secondary N) is 3. The smallest absolute Gasteiger partial charge is 0.287 e. The van der Waals surface area contributed by atoms with Gasteiger partial charge in [0.2, 0.25) is 11.8 Å². The van der Waals surface area contributed by atoms with E-state index >= 15 is 0 Å². The summed E-state index contributed by atoms with van der Waals surface area (Å²) in [5.41, 5.74) is 1.10. The first-order valence-electron chi connectivity index (χ1n) is 7.59. The highest BCUT2D eigenvalue weighted by Crippen LogP contribution is 2.16. The lowest BCUT2D eigenvalue weighted by Crippen LogP contribution is -2.32. The third-order valence-corrected chi connectivity index (χ3v) is 3.57. The molecule has 8 heteroatoms. The maximum atomic E-state index is 11.9. The molecule has 0 fully saturated rings. The fraction of sp³-hybridized carbons (Fsp3) is 0.235. The lowest BCUT2D eigenvalue weighted by atomic mass is 10.2. The van der Waals surface area contributed by atoms with Gasteiger partial charge in [-0.25, -0.2) is 0 Å². The van der Waals surface area contributed by atoms with Crippen LogP contribution in [0.2, 0.25) is 0 Å². The third-order valence-electron chi connectivity index (χ3n) is 3.14. The van der Waals surface area contributed by atoms with Crippen LogP contribution in [0.3, 0.4) is 0 Å². The number of hydrogen-bond donors (Lipinski definition) is 3. The predicted octanol–water partition coefficient (Wildman–Crippen LogP) is 3.01. The summed E-state index contributed by atoms with van der Waals surface area (Å²) in [5, 5.41) is 7.86. The van der Waals surface area contributed by atoms with Crippen molar-refractivity contribution in [2.24, 2.45) is 5.92 Å². The molecular weight excluding hydrogens is 390 g/mol. The predicted molar refractivity (Wildman–Crippen MR) is 97.3 cm³/mol. The Balaban J connectivity index is 1.88. The number of amides is 3. The summed E-state index contributed by atoms with van der Waals surface area (Å²) >= 11 is 3.10. The molecule has 0 radical (unpaired) electrons. The molecule has 132 valence electrons. The minimum absolute atomic E-state index is 0.109. The highest BCUT2D eigenvalue weighted by Gasteiger charge is 2.12. The number of hydrogen-bond acceptors (Lipinski definition) is 4. The molecule has 0 aliphatic rings. The van der Waals surface area contributed by atoms with Crippen LogP contribution in [0.4, 0.5) is 11.4 Å². The summed E-state index contributed by atoms with van der Waals surface area (Å²) in [6.45, 7) is 3.38. The zero-order valence-corrected chi connectivity index (χ0v) is 15.3. The van der Waals surface area contributed by atoms with Gasteiger partial charge in [0.05, 0.1) is 6.54 Å². The summed E-state index contributed by atoms with van der Waals surface area (Å²) in [6, 6.07) is 9.86. The lowest BCUT2D eigenvalue weighted by Gasteiger charge is -2.10. The van der Waals surface area contributed by atoms with Gasteiger partial charge in [-0.1, -0.05) is 19.9 Å². The van der Waals surface area contributed by atoms with Crippen molar-refractivity contribution < 1.29 is 18.8 Å². The lowest BCUT2D eigenvalue weighted by molar-refractivity contribution is -0.119. The zero-order valence-electron chi connectivity index (χ0n) is 13.8. The van der Waals surface area contributed by atoms with Crippen molar-refractivity contribution in [1.82, 2.24) is 5.32 Å². The number of halogens is 1. The van der Waals surface area contributed by atoms with Crippen molar-refractivity contribution in [3.63, 3.8) is 0 Å². The Labute approximate surface area is 153 Å². The number of carbonyl (C=O) groups is 3. The molecule has 0 atom stereocenters. The molecule has 0 bridgehead atoms. The van der Waals surface area contributed by atoms with Crippen molar-refractivity contribution in [3.05, 3.63) is 46.8 Å². The quantitative estimate of drug-likeness (QED) is 0.684. The molecule has 1 aromatic carbocycles. The van der Waals surface area contributed by atoms with Gasteiger partial charge in [-0.3, -0.25) is 14.4 Å². The van der Waals surface area contributed by atoms with E-state index in [0.29, 0.717) is 16.0 Å². The molecule has 0 spiro atoms. The maximum absolute atomic E-state index is 11.9. The Kier molecular flexibility index (Phi) is 6.35. The van der Waals surface area contributed by atoms with Crippen LogP contribution in [-0.4, -0.2) is 24.3 Å². The van der Waals surface area contributed by atoms with Crippen LogP contribution in [0.1, 0.15) is 24.4 Å². The fourth-order valence-electron chi connectivity index (χ4n) is 1.85. The molecule has 0 saturated heterocycles. The van der Waals surface area contributed by atoms with Gasteiger partial charge in [-0.2, -0.15) is 0 Å². The first kappa shape index (κ1) is 18.7. The summed E-state index contributed by atoms with van der Waals surface area (Å²) in [4.78, 5) is 35.4. The molecule has 0 saturated carbocycles. The topological polar surface area (TPSA) is 100 Å². The number of carbonyl (C=O) groups excluding carboxylic acids is 3. The minimum Gasteiger partial charge on any atom is -0.444 e. The normalized spacial score (nSPS) is 10.4. The largest absolute Gasteiger partial charge is 0.444 e. The molecule has 3 amide bonds. The molecule has 0 aliphatic heterocycles. The van der Waals surface area contributed by atoms with Gasteiger partial charge in [0.1, 0.15) is 0 Å². The second kappa shape index (κ2) is 8.48.